The summed E-state index contributed by atoms with van der Waals surface area (Å²) in [5, 5.41) is 4.64. The lowest BCUT2D eigenvalue weighted by Gasteiger charge is -2.34. The molecule has 2 aliphatic rings. The number of nitrogens with zero attached hydrogens (tertiary/aromatic N) is 2. The number of rotatable bonds is 4. The molecule has 0 bridgehead atoms. The van der Waals surface area contributed by atoms with Crippen LogP contribution in [0.15, 0.2) is 53.1 Å². The summed E-state index contributed by atoms with van der Waals surface area (Å²) < 4.78 is 6.14. The van der Waals surface area contributed by atoms with Gasteiger partial charge in [-0.2, -0.15) is 0 Å². The van der Waals surface area contributed by atoms with Crippen LogP contribution in [-0.2, 0) is 17.8 Å². The SMILES string of the molecule is CCc1oc2ccccc2c1CN1C[C@@H](c2ccccn2)[C@@]2(CCCCC(=O)N2)C1. The normalized spacial score (nSPS) is 25.0. The van der Waals surface area contributed by atoms with E-state index in [4.69, 9.17) is 4.42 Å². The van der Waals surface area contributed by atoms with Crippen LogP contribution in [0, 0.1) is 0 Å². The second-order valence-corrected chi connectivity index (χ2v) is 8.74. The zero-order valence-electron chi connectivity index (χ0n) is 17.6. The van der Waals surface area contributed by atoms with Crippen molar-refractivity contribution in [3.8, 4) is 0 Å². The average Bonchev–Trinajstić information content (AvgIpc) is 3.23. The summed E-state index contributed by atoms with van der Waals surface area (Å²) in [5.41, 5.74) is 3.08. The molecule has 2 fully saturated rings. The van der Waals surface area contributed by atoms with Gasteiger partial charge in [0.25, 0.3) is 0 Å². The van der Waals surface area contributed by atoms with Crippen molar-refractivity contribution >= 4 is 16.9 Å². The van der Waals surface area contributed by atoms with E-state index in [0.717, 1.165) is 62.4 Å². The summed E-state index contributed by atoms with van der Waals surface area (Å²) in [5.74, 6) is 1.44. The number of hydrogen-bond acceptors (Lipinski definition) is 4. The molecule has 0 aliphatic carbocycles. The molecule has 1 spiro atoms. The van der Waals surface area contributed by atoms with Crippen LogP contribution in [0.3, 0.4) is 0 Å². The van der Waals surface area contributed by atoms with Crippen molar-refractivity contribution in [3.63, 3.8) is 0 Å². The molecular weight excluding hydrogens is 374 g/mol. The number of hydrogen-bond donors (Lipinski definition) is 1. The number of furan rings is 1. The standard InChI is InChI=1S/C25H29N3O2/c1-2-22-19(18-9-3-4-11-23(18)30-22)15-28-16-20(21-10-6-8-14-26-21)25(17-28)13-7-5-12-24(29)27-25/h3-4,6,8-11,14,20H,2,5,7,12-13,15-17H2,1H3,(H,27,29)/t20-,25+/m0/s1. The fraction of sp³-hybridized carbons (Fsp3) is 0.440. The molecule has 1 N–H and O–H groups in total. The van der Waals surface area contributed by atoms with Crippen LogP contribution >= 0.6 is 0 Å². The molecule has 0 unspecified atom stereocenters. The van der Waals surface area contributed by atoms with Crippen LogP contribution in [0.2, 0.25) is 0 Å². The summed E-state index contributed by atoms with van der Waals surface area (Å²) >= 11 is 0. The van der Waals surface area contributed by atoms with Gasteiger partial charge in [0.1, 0.15) is 11.3 Å². The molecule has 2 saturated heterocycles. The third-order valence-electron chi connectivity index (χ3n) is 6.81. The van der Waals surface area contributed by atoms with E-state index in [1.807, 2.05) is 24.4 Å². The Morgan fingerprint density at radius 1 is 1.20 bits per heavy atom. The van der Waals surface area contributed by atoms with Crippen molar-refractivity contribution in [2.24, 2.45) is 0 Å². The van der Waals surface area contributed by atoms with Gasteiger partial charge in [-0.15, -0.1) is 0 Å². The van der Waals surface area contributed by atoms with Crippen molar-refractivity contribution in [3.05, 3.63) is 65.7 Å². The van der Waals surface area contributed by atoms with Gasteiger partial charge < -0.3 is 9.73 Å². The highest BCUT2D eigenvalue weighted by Crippen LogP contribution is 2.41. The molecule has 5 rings (SSSR count). The van der Waals surface area contributed by atoms with E-state index in [-0.39, 0.29) is 17.4 Å². The van der Waals surface area contributed by atoms with Gasteiger partial charge in [0.05, 0.1) is 5.54 Å². The summed E-state index contributed by atoms with van der Waals surface area (Å²) in [6, 6.07) is 14.4. The van der Waals surface area contributed by atoms with Crippen LogP contribution in [0.4, 0.5) is 0 Å². The Morgan fingerprint density at radius 2 is 2.07 bits per heavy atom. The Kier molecular flexibility index (Phi) is 5.07. The van der Waals surface area contributed by atoms with Gasteiger partial charge >= 0.3 is 0 Å². The number of fused-ring (bicyclic) bond motifs is 1. The topological polar surface area (TPSA) is 58.4 Å². The predicted molar refractivity (Wildman–Crippen MR) is 117 cm³/mol. The number of amides is 1. The lowest BCUT2D eigenvalue weighted by atomic mass is 9.81. The quantitative estimate of drug-likeness (QED) is 0.701. The lowest BCUT2D eigenvalue weighted by molar-refractivity contribution is -0.122. The Bertz CT molecular complexity index is 1040. The molecule has 2 aromatic heterocycles. The first kappa shape index (κ1) is 19.3. The van der Waals surface area contributed by atoms with Crippen molar-refractivity contribution in [2.45, 2.75) is 57.0 Å². The predicted octanol–water partition coefficient (Wildman–Crippen LogP) is 4.42. The number of nitrogens with one attached hydrogen (secondary N) is 1. The summed E-state index contributed by atoms with van der Waals surface area (Å²) in [6.45, 7) is 4.72. The van der Waals surface area contributed by atoms with Gasteiger partial charge in [0.15, 0.2) is 0 Å². The largest absolute Gasteiger partial charge is 0.461 e. The summed E-state index contributed by atoms with van der Waals surface area (Å²) in [4.78, 5) is 19.7. The minimum atomic E-state index is -0.242. The lowest BCUT2D eigenvalue weighted by Crippen LogP contribution is -2.52. The van der Waals surface area contributed by atoms with Gasteiger partial charge in [-0.1, -0.05) is 37.6 Å². The van der Waals surface area contributed by atoms with E-state index in [1.165, 1.54) is 10.9 Å². The van der Waals surface area contributed by atoms with E-state index in [1.54, 1.807) is 0 Å². The molecular formula is C25H29N3O2. The minimum Gasteiger partial charge on any atom is -0.461 e. The molecule has 5 nitrogen and oxygen atoms in total. The van der Waals surface area contributed by atoms with Gasteiger partial charge in [-0.25, -0.2) is 0 Å². The van der Waals surface area contributed by atoms with Gasteiger partial charge in [0, 0.05) is 61.2 Å². The third-order valence-corrected chi connectivity index (χ3v) is 6.81. The minimum absolute atomic E-state index is 0.179. The highest BCUT2D eigenvalue weighted by molar-refractivity contribution is 5.82. The van der Waals surface area contributed by atoms with E-state index in [2.05, 4.69) is 46.4 Å². The summed E-state index contributed by atoms with van der Waals surface area (Å²) in [7, 11) is 0. The number of carbonyl (C=O) groups is 1. The highest BCUT2D eigenvalue weighted by atomic mass is 16.3. The molecule has 5 heteroatoms. The number of pyridine rings is 1. The van der Waals surface area contributed by atoms with Gasteiger partial charge in [-0.3, -0.25) is 14.7 Å². The fourth-order valence-electron chi connectivity index (χ4n) is 5.43. The van der Waals surface area contributed by atoms with Crippen LogP contribution in [0.25, 0.3) is 11.0 Å². The Morgan fingerprint density at radius 3 is 2.90 bits per heavy atom. The number of aromatic nitrogens is 1. The van der Waals surface area contributed by atoms with Crippen molar-refractivity contribution < 1.29 is 9.21 Å². The Labute approximate surface area is 177 Å². The van der Waals surface area contributed by atoms with E-state index in [0.29, 0.717) is 6.42 Å². The van der Waals surface area contributed by atoms with Gasteiger partial charge in [0.2, 0.25) is 5.91 Å². The van der Waals surface area contributed by atoms with Crippen molar-refractivity contribution in [1.82, 2.24) is 15.2 Å². The first-order valence-electron chi connectivity index (χ1n) is 11.1. The Balaban J connectivity index is 1.50. The molecule has 3 aromatic rings. The first-order chi connectivity index (χ1) is 14.7. The number of carbonyl (C=O) groups excluding carboxylic acids is 1. The second kappa shape index (κ2) is 7.88. The fourth-order valence-corrected chi connectivity index (χ4v) is 5.43. The van der Waals surface area contributed by atoms with Crippen LogP contribution < -0.4 is 5.32 Å². The number of likely N-dealkylation sites (tertiary alicyclic amines) is 1. The van der Waals surface area contributed by atoms with Crippen molar-refractivity contribution in [1.29, 1.82) is 0 Å². The smallest absolute Gasteiger partial charge is 0.220 e. The Hall–Kier alpha value is -2.66. The van der Waals surface area contributed by atoms with Crippen molar-refractivity contribution in [2.75, 3.05) is 13.1 Å². The number of para-hydroxylation sites is 1. The maximum atomic E-state index is 12.6. The molecule has 30 heavy (non-hydrogen) atoms. The van der Waals surface area contributed by atoms with E-state index in [9.17, 15) is 4.79 Å². The zero-order chi connectivity index (χ0) is 20.6. The molecule has 0 radical (unpaired) electrons. The monoisotopic (exact) mass is 403 g/mol. The molecule has 1 amide bonds. The molecule has 1 aromatic carbocycles. The zero-order valence-corrected chi connectivity index (χ0v) is 17.6. The summed E-state index contributed by atoms with van der Waals surface area (Å²) in [6.07, 6.45) is 6.41. The highest BCUT2D eigenvalue weighted by Gasteiger charge is 2.49. The van der Waals surface area contributed by atoms with Crippen LogP contribution in [0.1, 0.15) is 55.5 Å². The molecule has 2 aliphatic heterocycles. The van der Waals surface area contributed by atoms with Crippen LogP contribution in [-0.4, -0.2) is 34.4 Å². The number of aryl methyl sites for hydroxylation is 1. The first-order valence-corrected chi connectivity index (χ1v) is 11.1. The average molecular weight is 404 g/mol. The second-order valence-electron chi connectivity index (χ2n) is 8.74. The maximum absolute atomic E-state index is 12.6. The number of benzene rings is 1. The van der Waals surface area contributed by atoms with Crippen LogP contribution in [0.5, 0.6) is 0 Å². The molecule has 4 heterocycles. The van der Waals surface area contributed by atoms with E-state index < -0.39 is 0 Å². The van der Waals surface area contributed by atoms with Gasteiger partial charge in [-0.05, 0) is 31.0 Å². The maximum Gasteiger partial charge on any atom is 0.220 e. The van der Waals surface area contributed by atoms with E-state index >= 15 is 0 Å². The molecule has 0 saturated carbocycles. The molecule has 156 valence electrons. The molecule has 2 atom stereocenters. The third kappa shape index (κ3) is 3.41.